The van der Waals surface area contributed by atoms with E-state index < -0.39 is 0 Å². The van der Waals surface area contributed by atoms with Crippen LogP contribution < -0.4 is 15.4 Å². The number of benzene rings is 1. The molecule has 0 saturated heterocycles. The van der Waals surface area contributed by atoms with Crippen molar-refractivity contribution >= 4 is 41.3 Å². The SMILES string of the molecule is CCNC(=NCc1ccc(OCC)c(C)c1)NCc1cccs1.I. The van der Waals surface area contributed by atoms with Crippen LogP contribution in [0.2, 0.25) is 0 Å². The van der Waals surface area contributed by atoms with Gasteiger partial charge in [0.1, 0.15) is 5.75 Å². The van der Waals surface area contributed by atoms with Crippen LogP contribution in [0.5, 0.6) is 5.75 Å². The summed E-state index contributed by atoms with van der Waals surface area (Å²) >= 11 is 1.75. The van der Waals surface area contributed by atoms with Crippen LogP contribution in [0.4, 0.5) is 0 Å². The molecule has 0 amide bonds. The van der Waals surface area contributed by atoms with E-state index in [0.29, 0.717) is 13.2 Å². The number of guanidine groups is 1. The van der Waals surface area contributed by atoms with Gasteiger partial charge in [0.25, 0.3) is 0 Å². The molecule has 0 aliphatic carbocycles. The second kappa shape index (κ2) is 11.3. The standard InChI is InChI=1S/C18H25N3OS.HI/c1-4-19-18(21-13-16-7-6-10-23-16)20-12-15-8-9-17(22-5-2)14(3)11-15;/h6-11H,4-5,12-13H2,1-3H3,(H2,19,20,21);1H. The number of halogens is 1. The van der Waals surface area contributed by atoms with E-state index >= 15 is 0 Å². The number of thiophene rings is 1. The first kappa shape index (κ1) is 20.8. The molecule has 1 aromatic carbocycles. The molecule has 0 bridgehead atoms. The van der Waals surface area contributed by atoms with Gasteiger partial charge in [0, 0.05) is 11.4 Å². The van der Waals surface area contributed by atoms with Crippen molar-refractivity contribution in [1.29, 1.82) is 0 Å². The van der Waals surface area contributed by atoms with Crippen LogP contribution in [0.3, 0.4) is 0 Å². The fraction of sp³-hybridized carbons (Fsp3) is 0.389. The number of hydrogen-bond acceptors (Lipinski definition) is 3. The zero-order valence-corrected chi connectivity index (χ0v) is 17.6. The van der Waals surface area contributed by atoms with E-state index in [9.17, 15) is 0 Å². The van der Waals surface area contributed by atoms with Crippen molar-refractivity contribution in [3.63, 3.8) is 0 Å². The Kier molecular flexibility index (Phi) is 9.78. The van der Waals surface area contributed by atoms with Crippen LogP contribution in [-0.2, 0) is 13.1 Å². The van der Waals surface area contributed by atoms with E-state index in [0.717, 1.165) is 30.4 Å². The highest BCUT2D eigenvalue weighted by Crippen LogP contribution is 2.19. The first-order valence-electron chi connectivity index (χ1n) is 7.99. The third kappa shape index (κ3) is 6.68. The van der Waals surface area contributed by atoms with Gasteiger partial charge >= 0.3 is 0 Å². The Morgan fingerprint density at radius 3 is 2.67 bits per heavy atom. The molecule has 132 valence electrons. The van der Waals surface area contributed by atoms with Gasteiger partial charge in [-0.1, -0.05) is 18.2 Å². The smallest absolute Gasteiger partial charge is 0.191 e. The third-order valence-corrected chi connectivity index (χ3v) is 4.19. The van der Waals surface area contributed by atoms with E-state index in [-0.39, 0.29) is 24.0 Å². The maximum atomic E-state index is 5.58. The fourth-order valence-corrected chi connectivity index (χ4v) is 2.87. The molecule has 0 spiro atoms. The first-order chi connectivity index (χ1) is 11.2. The minimum absolute atomic E-state index is 0. The molecule has 0 aliphatic rings. The topological polar surface area (TPSA) is 45.7 Å². The lowest BCUT2D eigenvalue weighted by Gasteiger charge is -2.11. The number of hydrogen-bond donors (Lipinski definition) is 2. The van der Waals surface area contributed by atoms with Crippen LogP contribution in [0, 0.1) is 6.92 Å². The van der Waals surface area contributed by atoms with Crippen molar-refractivity contribution in [2.75, 3.05) is 13.2 Å². The average Bonchev–Trinajstić information content (AvgIpc) is 3.06. The van der Waals surface area contributed by atoms with Gasteiger partial charge in [-0.2, -0.15) is 0 Å². The Morgan fingerprint density at radius 2 is 2.04 bits per heavy atom. The molecule has 1 heterocycles. The summed E-state index contributed by atoms with van der Waals surface area (Å²) in [4.78, 5) is 5.96. The molecule has 0 radical (unpaired) electrons. The quantitative estimate of drug-likeness (QED) is 0.368. The summed E-state index contributed by atoms with van der Waals surface area (Å²) in [5.74, 6) is 1.79. The second-order valence-corrected chi connectivity index (χ2v) is 6.19. The average molecular weight is 459 g/mol. The zero-order chi connectivity index (χ0) is 16.5. The van der Waals surface area contributed by atoms with Crippen molar-refractivity contribution in [2.45, 2.75) is 33.9 Å². The lowest BCUT2D eigenvalue weighted by atomic mass is 10.1. The molecule has 0 saturated carbocycles. The van der Waals surface area contributed by atoms with Gasteiger partial charge in [-0.05, 0) is 49.4 Å². The van der Waals surface area contributed by atoms with Crippen molar-refractivity contribution < 1.29 is 4.74 Å². The van der Waals surface area contributed by atoms with Gasteiger partial charge in [-0.15, -0.1) is 35.3 Å². The lowest BCUT2D eigenvalue weighted by molar-refractivity contribution is 0.338. The number of ether oxygens (including phenoxy) is 1. The van der Waals surface area contributed by atoms with Crippen LogP contribution in [-0.4, -0.2) is 19.1 Å². The molecule has 4 nitrogen and oxygen atoms in total. The molecule has 0 unspecified atom stereocenters. The van der Waals surface area contributed by atoms with Crippen LogP contribution in [0.25, 0.3) is 0 Å². The molecule has 0 aliphatic heterocycles. The minimum Gasteiger partial charge on any atom is -0.494 e. The molecule has 2 aromatic rings. The fourth-order valence-electron chi connectivity index (χ4n) is 2.22. The van der Waals surface area contributed by atoms with E-state index in [2.05, 4.69) is 59.1 Å². The van der Waals surface area contributed by atoms with E-state index in [1.807, 2.05) is 13.0 Å². The Balaban J connectivity index is 0.00000288. The zero-order valence-electron chi connectivity index (χ0n) is 14.5. The van der Waals surface area contributed by atoms with Crippen LogP contribution >= 0.6 is 35.3 Å². The number of aliphatic imine (C=N–C) groups is 1. The van der Waals surface area contributed by atoms with Gasteiger partial charge in [0.15, 0.2) is 5.96 Å². The summed E-state index contributed by atoms with van der Waals surface area (Å²) in [7, 11) is 0. The van der Waals surface area contributed by atoms with E-state index in [4.69, 9.17) is 4.74 Å². The molecular formula is C18H26IN3OS. The Labute approximate surface area is 165 Å². The van der Waals surface area contributed by atoms with Crippen molar-refractivity contribution in [1.82, 2.24) is 10.6 Å². The van der Waals surface area contributed by atoms with Crippen molar-refractivity contribution in [2.24, 2.45) is 4.99 Å². The maximum Gasteiger partial charge on any atom is 0.191 e. The lowest BCUT2D eigenvalue weighted by Crippen LogP contribution is -2.36. The Morgan fingerprint density at radius 1 is 1.21 bits per heavy atom. The summed E-state index contributed by atoms with van der Waals surface area (Å²) in [6, 6.07) is 10.4. The Bertz CT molecular complexity index is 629. The summed E-state index contributed by atoms with van der Waals surface area (Å²) in [5, 5.41) is 8.73. The highest BCUT2D eigenvalue weighted by atomic mass is 127. The minimum atomic E-state index is 0. The molecular weight excluding hydrogens is 433 g/mol. The van der Waals surface area contributed by atoms with Gasteiger partial charge in [-0.25, -0.2) is 4.99 Å². The monoisotopic (exact) mass is 459 g/mol. The van der Waals surface area contributed by atoms with E-state index in [1.54, 1.807) is 11.3 Å². The molecule has 2 N–H and O–H groups in total. The number of aryl methyl sites for hydroxylation is 1. The van der Waals surface area contributed by atoms with Gasteiger partial charge in [0.2, 0.25) is 0 Å². The normalized spacial score (nSPS) is 10.9. The molecule has 6 heteroatoms. The highest BCUT2D eigenvalue weighted by Gasteiger charge is 2.02. The van der Waals surface area contributed by atoms with Crippen LogP contribution in [0.15, 0.2) is 40.7 Å². The van der Waals surface area contributed by atoms with Gasteiger partial charge in [-0.3, -0.25) is 0 Å². The Hall–Kier alpha value is -1.28. The first-order valence-corrected chi connectivity index (χ1v) is 8.87. The summed E-state index contributed by atoms with van der Waals surface area (Å²) in [6.45, 7) is 9.12. The maximum absolute atomic E-state index is 5.58. The van der Waals surface area contributed by atoms with Crippen molar-refractivity contribution in [3.8, 4) is 5.75 Å². The van der Waals surface area contributed by atoms with E-state index in [1.165, 1.54) is 10.4 Å². The third-order valence-electron chi connectivity index (χ3n) is 3.31. The largest absolute Gasteiger partial charge is 0.494 e. The molecule has 24 heavy (non-hydrogen) atoms. The summed E-state index contributed by atoms with van der Waals surface area (Å²) < 4.78 is 5.58. The second-order valence-electron chi connectivity index (χ2n) is 5.16. The predicted octanol–water partition coefficient (Wildman–Crippen LogP) is 4.33. The molecule has 2 rings (SSSR count). The number of nitrogens with one attached hydrogen (secondary N) is 2. The number of rotatable bonds is 7. The van der Waals surface area contributed by atoms with Gasteiger partial charge in [0.05, 0.1) is 19.7 Å². The number of nitrogens with zero attached hydrogens (tertiary/aromatic N) is 1. The molecule has 1 aromatic heterocycles. The van der Waals surface area contributed by atoms with Crippen LogP contribution in [0.1, 0.15) is 29.9 Å². The summed E-state index contributed by atoms with van der Waals surface area (Å²) in [6.07, 6.45) is 0. The molecule has 0 fully saturated rings. The predicted molar refractivity (Wildman–Crippen MR) is 114 cm³/mol. The van der Waals surface area contributed by atoms with Gasteiger partial charge < -0.3 is 15.4 Å². The highest BCUT2D eigenvalue weighted by molar-refractivity contribution is 14.0. The summed E-state index contributed by atoms with van der Waals surface area (Å²) in [5.41, 5.74) is 2.33. The van der Waals surface area contributed by atoms with Crippen molar-refractivity contribution in [3.05, 3.63) is 51.7 Å². The molecule has 0 atom stereocenters.